The number of benzene rings is 1. The highest BCUT2D eigenvalue weighted by Crippen LogP contribution is 2.43. The summed E-state index contributed by atoms with van der Waals surface area (Å²) in [6, 6.07) is 7.68. The first-order chi connectivity index (χ1) is 13.0. The molecule has 2 rings (SSSR count). The van der Waals surface area contributed by atoms with Gasteiger partial charge in [-0.05, 0) is 64.8 Å². The van der Waals surface area contributed by atoms with E-state index in [0.29, 0.717) is 19.6 Å². The molecule has 0 radical (unpaired) electrons. The van der Waals surface area contributed by atoms with Crippen LogP contribution < -0.4 is 4.74 Å². The number of ether oxygens (including phenoxy) is 2. The highest BCUT2D eigenvalue weighted by atomic mass is 16.5. The number of carbonyl (C=O) groups is 2. The normalized spacial score (nSPS) is 19.1. The molecule has 0 bridgehead atoms. The van der Waals surface area contributed by atoms with Gasteiger partial charge in [-0.15, -0.1) is 0 Å². The Morgan fingerprint density at radius 2 is 1.68 bits per heavy atom. The Labute approximate surface area is 167 Å². The third-order valence-electron chi connectivity index (χ3n) is 5.25. The van der Waals surface area contributed by atoms with Crippen molar-refractivity contribution in [3.63, 3.8) is 0 Å². The van der Waals surface area contributed by atoms with Gasteiger partial charge in [-0.1, -0.05) is 17.7 Å². The Morgan fingerprint density at radius 1 is 1.07 bits per heavy atom. The smallest absolute Gasteiger partial charge is 0.179 e. The van der Waals surface area contributed by atoms with Crippen LogP contribution in [0.5, 0.6) is 5.75 Å². The fourth-order valence-electron chi connectivity index (χ4n) is 3.37. The summed E-state index contributed by atoms with van der Waals surface area (Å²) in [5, 5.41) is 10.5. The first kappa shape index (κ1) is 21.9. The van der Waals surface area contributed by atoms with E-state index in [9.17, 15) is 14.7 Å². The van der Waals surface area contributed by atoms with Gasteiger partial charge in [0.2, 0.25) is 0 Å². The molecule has 0 aliphatic heterocycles. The minimum Gasteiger partial charge on any atom is -0.511 e. The van der Waals surface area contributed by atoms with Crippen molar-refractivity contribution in [1.82, 2.24) is 0 Å². The number of allylic oxidation sites excluding steroid dienone is 3. The fraction of sp³-hybridized carbons (Fsp3) is 0.478. The van der Waals surface area contributed by atoms with Crippen molar-refractivity contribution in [3.8, 4) is 5.75 Å². The number of aliphatic hydroxyl groups excluding tert-OH is 1. The molecule has 1 aromatic rings. The van der Waals surface area contributed by atoms with Crippen molar-refractivity contribution in [2.75, 3.05) is 13.7 Å². The molecular formula is C23H30O5. The maximum atomic E-state index is 12.7. The van der Waals surface area contributed by atoms with Crippen molar-refractivity contribution in [2.45, 2.75) is 47.6 Å². The number of aliphatic hydroxyl groups is 1. The van der Waals surface area contributed by atoms with Gasteiger partial charge in [0.1, 0.15) is 11.5 Å². The van der Waals surface area contributed by atoms with Gasteiger partial charge in [0.15, 0.2) is 11.6 Å². The van der Waals surface area contributed by atoms with Crippen LogP contribution in [0.25, 0.3) is 0 Å². The standard InChI is InChI=1S/C23H30O5/c1-15(11-12-28-14-16-7-9-17(27-6)10-8-16)13-18-19(24)22(2,3)21(26)23(4,5)20(18)25/h7-10,13,24H,11-12,14H2,1-6H3/b15-13+. The molecule has 152 valence electrons. The summed E-state index contributed by atoms with van der Waals surface area (Å²) >= 11 is 0. The van der Waals surface area contributed by atoms with Gasteiger partial charge in [0.25, 0.3) is 0 Å². The Kier molecular flexibility index (Phi) is 6.50. The number of Topliss-reactive ketones (excluding diaryl/α,β-unsaturated/α-hetero) is 2. The molecular weight excluding hydrogens is 356 g/mol. The third kappa shape index (κ3) is 4.36. The highest BCUT2D eigenvalue weighted by molar-refractivity contribution is 6.20. The SMILES string of the molecule is COc1ccc(COCC/C(C)=C/C2=C(O)C(C)(C)C(=O)C(C)(C)C2=O)cc1. The quantitative estimate of drug-likeness (QED) is 0.549. The Morgan fingerprint density at radius 3 is 2.25 bits per heavy atom. The van der Waals surface area contributed by atoms with E-state index < -0.39 is 10.8 Å². The lowest BCUT2D eigenvalue weighted by atomic mass is 9.63. The number of ketones is 2. The highest BCUT2D eigenvalue weighted by Gasteiger charge is 2.52. The summed E-state index contributed by atoms with van der Waals surface area (Å²) in [5.74, 6) is 0.0466. The fourth-order valence-corrected chi connectivity index (χ4v) is 3.37. The third-order valence-corrected chi connectivity index (χ3v) is 5.25. The summed E-state index contributed by atoms with van der Waals surface area (Å²) in [6.07, 6.45) is 2.30. The number of hydrogen-bond acceptors (Lipinski definition) is 5. The zero-order valence-electron chi connectivity index (χ0n) is 17.6. The van der Waals surface area contributed by atoms with Crippen LogP contribution in [0.3, 0.4) is 0 Å². The molecule has 0 spiro atoms. The molecule has 0 atom stereocenters. The molecule has 5 heteroatoms. The lowest BCUT2D eigenvalue weighted by Crippen LogP contribution is -2.48. The van der Waals surface area contributed by atoms with E-state index >= 15 is 0 Å². The van der Waals surface area contributed by atoms with Crippen molar-refractivity contribution in [1.29, 1.82) is 0 Å². The molecule has 0 aromatic heterocycles. The second kappa shape index (κ2) is 8.31. The zero-order chi connectivity index (χ0) is 21.1. The molecule has 0 saturated carbocycles. The van der Waals surface area contributed by atoms with Gasteiger partial charge >= 0.3 is 0 Å². The summed E-state index contributed by atoms with van der Waals surface area (Å²) in [7, 11) is 1.63. The molecule has 1 aromatic carbocycles. The van der Waals surface area contributed by atoms with E-state index in [1.807, 2.05) is 31.2 Å². The Bertz CT molecular complexity index is 810. The Hall–Kier alpha value is -2.40. The summed E-state index contributed by atoms with van der Waals surface area (Å²) in [6.45, 7) is 9.40. The van der Waals surface area contributed by atoms with Crippen molar-refractivity contribution < 1.29 is 24.2 Å². The van der Waals surface area contributed by atoms with E-state index in [-0.39, 0.29) is 22.9 Å². The van der Waals surface area contributed by atoms with Crippen molar-refractivity contribution in [2.24, 2.45) is 10.8 Å². The molecule has 0 saturated heterocycles. The van der Waals surface area contributed by atoms with Gasteiger partial charge in [-0.25, -0.2) is 0 Å². The Balaban J connectivity index is 2.02. The maximum Gasteiger partial charge on any atom is 0.179 e. The number of rotatable bonds is 7. The molecule has 0 amide bonds. The average molecular weight is 386 g/mol. The molecule has 1 aliphatic carbocycles. The van der Waals surface area contributed by atoms with Gasteiger partial charge in [-0.3, -0.25) is 9.59 Å². The second-order valence-electron chi connectivity index (χ2n) is 8.31. The van der Waals surface area contributed by atoms with Gasteiger partial charge in [0, 0.05) is 0 Å². The van der Waals surface area contributed by atoms with Gasteiger partial charge < -0.3 is 14.6 Å². The van der Waals surface area contributed by atoms with Crippen LogP contribution in [0.4, 0.5) is 0 Å². The predicted molar refractivity (Wildman–Crippen MR) is 108 cm³/mol. The lowest BCUT2D eigenvalue weighted by molar-refractivity contribution is -0.144. The van der Waals surface area contributed by atoms with Crippen molar-refractivity contribution >= 4 is 11.6 Å². The molecule has 28 heavy (non-hydrogen) atoms. The largest absolute Gasteiger partial charge is 0.511 e. The first-order valence-corrected chi connectivity index (χ1v) is 9.43. The van der Waals surface area contributed by atoms with Gasteiger partial charge in [0.05, 0.1) is 36.7 Å². The monoisotopic (exact) mass is 386 g/mol. The summed E-state index contributed by atoms with van der Waals surface area (Å²) < 4.78 is 10.8. The van der Waals surface area contributed by atoms with Crippen LogP contribution in [0.15, 0.2) is 47.2 Å². The zero-order valence-corrected chi connectivity index (χ0v) is 17.6. The number of carbonyl (C=O) groups excluding carboxylic acids is 2. The minimum atomic E-state index is -1.15. The lowest BCUT2D eigenvalue weighted by Gasteiger charge is -2.37. The van der Waals surface area contributed by atoms with Crippen LogP contribution in [0.1, 0.15) is 46.6 Å². The van der Waals surface area contributed by atoms with Crippen LogP contribution in [0, 0.1) is 10.8 Å². The second-order valence-corrected chi connectivity index (χ2v) is 8.31. The van der Waals surface area contributed by atoms with Gasteiger partial charge in [-0.2, -0.15) is 0 Å². The van der Waals surface area contributed by atoms with E-state index in [0.717, 1.165) is 16.9 Å². The van der Waals surface area contributed by atoms with Crippen LogP contribution in [-0.4, -0.2) is 30.4 Å². The molecule has 1 aliphatic rings. The first-order valence-electron chi connectivity index (χ1n) is 9.43. The average Bonchev–Trinajstić information content (AvgIpc) is 2.67. The van der Waals surface area contributed by atoms with E-state index in [2.05, 4.69) is 0 Å². The van der Waals surface area contributed by atoms with E-state index in [4.69, 9.17) is 9.47 Å². The number of hydrogen-bond donors (Lipinski definition) is 1. The number of methoxy groups -OCH3 is 1. The molecule has 0 unspecified atom stereocenters. The molecule has 1 N–H and O–H groups in total. The van der Waals surface area contributed by atoms with Crippen LogP contribution in [-0.2, 0) is 20.9 Å². The topological polar surface area (TPSA) is 72.8 Å². The molecule has 0 fully saturated rings. The summed E-state index contributed by atoms with van der Waals surface area (Å²) in [4.78, 5) is 25.3. The van der Waals surface area contributed by atoms with Crippen LogP contribution in [0.2, 0.25) is 0 Å². The van der Waals surface area contributed by atoms with E-state index in [1.165, 1.54) is 0 Å². The summed E-state index contributed by atoms with van der Waals surface area (Å²) in [5.41, 5.74) is -0.0405. The molecule has 5 nitrogen and oxygen atoms in total. The van der Waals surface area contributed by atoms with E-state index in [1.54, 1.807) is 40.9 Å². The minimum absolute atomic E-state index is 0.152. The molecule has 0 heterocycles. The van der Waals surface area contributed by atoms with Crippen LogP contribution >= 0.6 is 0 Å². The predicted octanol–water partition coefficient (Wildman–Crippen LogP) is 4.56. The van der Waals surface area contributed by atoms with Crippen molar-refractivity contribution in [3.05, 3.63) is 52.8 Å². The maximum absolute atomic E-state index is 12.7.